The molecule has 3 saturated carbocycles. The normalized spacial score (nSPS) is 40.7. The first-order valence-electron chi connectivity index (χ1n) is 12.0. The van der Waals surface area contributed by atoms with E-state index >= 15 is 0 Å². The molecule has 3 fully saturated rings. The van der Waals surface area contributed by atoms with Gasteiger partial charge in [-0.1, -0.05) is 19.4 Å². The maximum atomic E-state index is 13.1. The number of fused-ring (bicyclic) bond motifs is 5. The summed E-state index contributed by atoms with van der Waals surface area (Å²) < 4.78 is 4.95. The van der Waals surface area contributed by atoms with Crippen molar-refractivity contribution in [2.24, 2.45) is 28.6 Å². The Hall–Kier alpha value is -1.06. The van der Waals surface area contributed by atoms with E-state index in [1.807, 2.05) is 6.92 Å². The van der Waals surface area contributed by atoms with E-state index in [4.69, 9.17) is 4.74 Å². The van der Waals surface area contributed by atoms with Crippen LogP contribution >= 0.6 is 0 Å². The van der Waals surface area contributed by atoms with Gasteiger partial charge in [-0.05, 0) is 74.2 Å². The van der Waals surface area contributed by atoms with Crippen LogP contribution in [0.5, 0.6) is 0 Å². The summed E-state index contributed by atoms with van der Waals surface area (Å²) in [6, 6.07) is 0. The van der Waals surface area contributed by atoms with Crippen LogP contribution in [0.1, 0.15) is 71.6 Å². The number of hydrogen-bond donors (Lipinski definition) is 2. The van der Waals surface area contributed by atoms with Crippen molar-refractivity contribution < 1.29 is 68.8 Å². The quantitative estimate of drug-likeness (QED) is 0.322. The van der Waals surface area contributed by atoms with Gasteiger partial charge in [-0.25, -0.2) is 0 Å². The zero-order valence-electron chi connectivity index (χ0n) is 20.3. The molecule has 0 heterocycles. The minimum atomic E-state index is -1.72. The molecular formula is C25H33NaO8. The van der Waals surface area contributed by atoms with Gasteiger partial charge in [0.1, 0.15) is 5.60 Å². The number of ether oxygens (including phenoxy) is 1. The summed E-state index contributed by atoms with van der Waals surface area (Å²) >= 11 is 0. The Morgan fingerprint density at radius 1 is 1.15 bits per heavy atom. The number of hydrogen-bond acceptors (Lipinski definition) is 8. The third-order valence-corrected chi connectivity index (χ3v) is 9.41. The van der Waals surface area contributed by atoms with Crippen molar-refractivity contribution in [1.29, 1.82) is 0 Å². The third-order valence-electron chi connectivity index (χ3n) is 9.41. The van der Waals surface area contributed by atoms with Crippen LogP contribution in [-0.2, 0) is 23.9 Å². The SMILES string of the molecule is CC12CCC(=O)C=C1CCC1C2C(O)CC2(C)C1CCC2(O)C(=O)COC(=O)CCC(=O)[O-].[Na+]. The number of aliphatic carboxylic acids is 1. The number of ketones is 2. The van der Waals surface area contributed by atoms with E-state index in [0.717, 1.165) is 18.4 Å². The summed E-state index contributed by atoms with van der Waals surface area (Å²) in [7, 11) is 0. The largest absolute Gasteiger partial charge is 1.00 e. The average Bonchev–Trinajstić information content (AvgIpc) is 3.02. The van der Waals surface area contributed by atoms with Crippen LogP contribution in [0.25, 0.3) is 0 Å². The maximum absolute atomic E-state index is 13.1. The monoisotopic (exact) mass is 484 g/mol. The van der Waals surface area contributed by atoms with Crippen molar-refractivity contribution in [3.05, 3.63) is 11.6 Å². The molecule has 4 aliphatic carbocycles. The maximum Gasteiger partial charge on any atom is 1.00 e. The second-order valence-electron chi connectivity index (χ2n) is 10.9. The van der Waals surface area contributed by atoms with Gasteiger partial charge in [0, 0.05) is 17.8 Å². The van der Waals surface area contributed by atoms with Crippen LogP contribution in [0.15, 0.2) is 11.6 Å². The van der Waals surface area contributed by atoms with Gasteiger partial charge in [-0.3, -0.25) is 14.4 Å². The predicted molar refractivity (Wildman–Crippen MR) is 113 cm³/mol. The topological polar surface area (TPSA) is 141 Å². The number of allylic oxidation sites excluding steroid dienone is 1. The average molecular weight is 485 g/mol. The first-order valence-corrected chi connectivity index (χ1v) is 12.0. The van der Waals surface area contributed by atoms with E-state index in [-0.39, 0.29) is 71.4 Å². The van der Waals surface area contributed by atoms with Gasteiger partial charge in [0.05, 0.1) is 12.5 Å². The molecule has 0 amide bonds. The number of rotatable bonds is 6. The molecule has 182 valence electrons. The van der Waals surface area contributed by atoms with Gasteiger partial charge >= 0.3 is 35.5 Å². The second-order valence-corrected chi connectivity index (χ2v) is 10.9. The van der Waals surface area contributed by atoms with Gasteiger partial charge < -0.3 is 24.9 Å². The fourth-order valence-electron chi connectivity index (χ4n) is 7.69. The molecule has 7 atom stereocenters. The molecule has 0 aromatic carbocycles. The van der Waals surface area contributed by atoms with Crippen LogP contribution in [-0.4, -0.2) is 52.0 Å². The van der Waals surface area contributed by atoms with Gasteiger partial charge in [-0.15, -0.1) is 0 Å². The van der Waals surface area contributed by atoms with Crippen LogP contribution in [0.4, 0.5) is 0 Å². The molecular weight excluding hydrogens is 451 g/mol. The molecule has 0 bridgehead atoms. The minimum absolute atomic E-state index is 0. The molecule has 34 heavy (non-hydrogen) atoms. The molecule has 0 radical (unpaired) electrons. The van der Waals surface area contributed by atoms with E-state index in [1.165, 1.54) is 0 Å². The number of carboxylic acid groups (broad SMARTS) is 1. The summed E-state index contributed by atoms with van der Waals surface area (Å²) in [5.41, 5.74) is -1.71. The Kier molecular flexibility index (Phi) is 7.91. The number of carboxylic acids is 1. The number of aliphatic hydroxyl groups excluding tert-OH is 1. The van der Waals surface area contributed by atoms with E-state index in [2.05, 4.69) is 6.92 Å². The smallest absolute Gasteiger partial charge is 0.550 e. The molecule has 2 N–H and O–H groups in total. The van der Waals surface area contributed by atoms with Crippen molar-refractivity contribution in [2.45, 2.75) is 83.3 Å². The van der Waals surface area contributed by atoms with Crippen LogP contribution in [0.3, 0.4) is 0 Å². The number of Topliss-reactive ketones (excluding diaryl/α,β-unsaturated/α-hetero) is 1. The van der Waals surface area contributed by atoms with E-state index in [1.54, 1.807) is 6.08 Å². The van der Waals surface area contributed by atoms with E-state index in [9.17, 15) is 34.5 Å². The zero-order valence-corrected chi connectivity index (χ0v) is 22.3. The third kappa shape index (κ3) is 4.34. The molecule has 4 aliphatic rings. The first-order chi connectivity index (χ1) is 15.4. The molecule has 0 spiro atoms. The number of carbonyl (C=O) groups excluding carboxylic acids is 4. The molecule has 0 aromatic rings. The van der Waals surface area contributed by atoms with Crippen LogP contribution < -0.4 is 34.7 Å². The van der Waals surface area contributed by atoms with Gasteiger partial charge in [0.25, 0.3) is 0 Å². The van der Waals surface area contributed by atoms with E-state index < -0.39 is 54.3 Å². The standard InChI is InChI=1S/C25H34O8.Na/c1-23-9-7-15(26)11-14(23)3-4-16-17-8-10-25(32,24(17,2)12-18(27)22(16)23)19(28)13-33-21(31)6-5-20(29)30;/h11,16-18,22,27,32H,3-10,12-13H2,1-2H3,(H,29,30);/q;+1/p-1. The summed E-state index contributed by atoms with van der Waals surface area (Å²) in [6.45, 7) is 3.38. The van der Waals surface area contributed by atoms with Gasteiger partial charge in [0.15, 0.2) is 12.4 Å². The fraction of sp³-hybridized carbons (Fsp3) is 0.760. The Labute approximate surface area is 221 Å². The van der Waals surface area contributed by atoms with Gasteiger partial charge in [0.2, 0.25) is 5.78 Å². The molecule has 4 rings (SSSR count). The first kappa shape index (κ1) is 27.5. The molecule has 8 nitrogen and oxygen atoms in total. The summed E-state index contributed by atoms with van der Waals surface area (Å²) in [5.74, 6) is -2.53. The molecule has 9 heteroatoms. The molecule has 0 aromatic heterocycles. The van der Waals surface area contributed by atoms with Crippen molar-refractivity contribution in [2.75, 3.05) is 6.61 Å². The van der Waals surface area contributed by atoms with Gasteiger partial charge in [-0.2, -0.15) is 0 Å². The Morgan fingerprint density at radius 3 is 2.53 bits per heavy atom. The number of esters is 1. The zero-order chi connectivity index (χ0) is 24.2. The second kappa shape index (κ2) is 9.77. The molecule has 0 saturated heterocycles. The van der Waals surface area contributed by atoms with Crippen molar-refractivity contribution in [1.82, 2.24) is 0 Å². The van der Waals surface area contributed by atoms with Crippen molar-refractivity contribution in [3.63, 3.8) is 0 Å². The minimum Gasteiger partial charge on any atom is -0.550 e. The van der Waals surface area contributed by atoms with Crippen molar-refractivity contribution >= 4 is 23.5 Å². The predicted octanol–water partition coefficient (Wildman–Crippen LogP) is -2.13. The van der Waals surface area contributed by atoms with Crippen LogP contribution in [0.2, 0.25) is 0 Å². The number of carbonyl (C=O) groups is 4. The Balaban J connectivity index is 0.00000324. The Bertz CT molecular complexity index is 915. The van der Waals surface area contributed by atoms with E-state index in [0.29, 0.717) is 19.3 Å². The summed E-state index contributed by atoms with van der Waals surface area (Å²) in [5, 5.41) is 33.4. The number of aliphatic hydroxyl groups is 2. The summed E-state index contributed by atoms with van der Waals surface area (Å²) in [6.07, 6.45) is 4.07. The summed E-state index contributed by atoms with van der Waals surface area (Å²) in [4.78, 5) is 47.3. The molecule has 0 aliphatic heterocycles. The molecule has 7 unspecified atom stereocenters. The van der Waals surface area contributed by atoms with Crippen LogP contribution in [0, 0.1) is 28.6 Å². The fourth-order valence-corrected chi connectivity index (χ4v) is 7.69. The Morgan fingerprint density at radius 2 is 1.85 bits per heavy atom. The van der Waals surface area contributed by atoms with Crippen molar-refractivity contribution in [3.8, 4) is 0 Å².